The number of halogens is 1. The Kier molecular flexibility index (Phi) is 8.25. The Bertz CT molecular complexity index is 974. The van der Waals surface area contributed by atoms with E-state index in [4.69, 9.17) is 16.0 Å². The van der Waals surface area contributed by atoms with E-state index in [1.54, 1.807) is 36.4 Å². The van der Waals surface area contributed by atoms with Crippen LogP contribution in [-0.2, 0) is 23.1 Å². The molecule has 3 rings (SSSR count). The molecule has 1 aromatic heterocycles. The molecule has 2 aromatic carbocycles. The number of rotatable bonds is 10. The Morgan fingerprint density at radius 3 is 2.53 bits per heavy atom. The second-order valence-corrected chi connectivity index (χ2v) is 8.93. The maximum Gasteiger partial charge on any atom is 0.286 e. The van der Waals surface area contributed by atoms with Crippen LogP contribution in [0.2, 0.25) is 5.02 Å². The van der Waals surface area contributed by atoms with Crippen molar-refractivity contribution >= 4 is 28.3 Å². The maximum absolute atomic E-state index is 12.4. The number of nitrogens with zero attached hydrogens (tertiary/aromatic N) is 1. The first-order valence-electron chi connectivity index (χ1n) is 9.74. The third-order valence-electron chi connectivity index (χ3n) is 4.53. The van der Waals surface area contributed by atoms with Crippen molar-refractivity contribution < 1.29 is 13.4 Å². The lowest BCUT2D eigenvalue weighted by Gasteiger charge is -2.16. The molecule has 1 amide bonds. The molecule has 0 radical (unpaired) electrons. The lowest BCUT2D eigenvalue weighted by atomic mass is 10.2. The molecule has 1 N–H and O–H groups in total. The van der Waals surface area contributed by atoms with Crippen LogP contribution in [0.15, 0.2) is 76.0 Å². The van der Waals surface area contributed by atoms with Crippen molar-refractivity contribution in [1.82, 2.24) is 10.2 Å². The van der Waals surface area contributed by atoms with Gasteiger partial charge in [-0.2, -0.15) is 0 Å². The zero-order chi connectivity index (χ0) is 21.3. The molecule has 1 heterocycles. The molecule has 0 spiro atoms. The van der Waals surface area contributed by atoms with Crippen LogP contribution in [0.5, 0.6) is 0 Å². The molecule has 1 atom stereocenters. The minimum atomic E-state index is -1.26. The smallest absolute Gasteiger partial charge is 0.286 e. The molecule has 0 aliphatic heterocycles. The average Bonchev–Trinajstić information content (AvgIpc) is 3.21. The lowest BCUT2D eigenvalue weighted by molar-refractivity contribution is 0.0922. The van der Waals surface area contributed by atoms with Gasteiger partial charge in [-0.25, -0.2) is 0 Å². The molecule has 30 heavy (non-hydrogen) atoms. The molecular weight excluding hydrogens is 420 g/mol. The SMILES string of the molecule is CN(CCCNC(=O)c1ccc(C[S@@](=O)c2ccc(Cl)cc2)o1)Cc1ccccc1. The summed E-state index contributed by atoms with van der Waals surface area (Å²) in [4.78, 5) is 15.2. The fourth-order valence-electron chi connectivity index (χ4n) is 2.99. The highest BCUT2D eigenvalue weighted by atomic mass is 35.5. The third kappa shape index (κ3) is 6.83. The van der Waals surface area contributed by atoms with Gasteiger partial charge < -0.3 is 14.6 Å². The van der Waals surface area contributed by atoms with Gasteiger partial charge in [0, 0.05) is 23.0 Å². The minimum Gasteiger partial charge on any atom is -0.455 e. The second kappa shape index (κ2) is 11.1. The lowest BCUT2D eigenvalue weighted by Crippen LogP contribution is -2.27. The Hall–Kier alpha value is -2.41. The summed E-state index contributed by atoms with van der Waals surface area (Å²) in [5, 5.41) is 3.47. The van der Waals surface area contributed by atoms with Crippen molar-refractivity contribution in [3.8, 4) is 0 Å². The Morgan fingerprint density at radius 2 is 1.80 bits per heavy atom. The van der Waals surface area contributed by atoms with Crippen molar-refractivity contribution in [3.05, 3.63) is 88.8 Å². The van der Waals surface area contributed by atoms with Gasteiger partial charge in [0.15, 0.2) is 5.76 Å². The normalized spacial score (nSPS) is 12.1. The largest absolute Gasteiger partial charge is 0.455 e. The van der Waals surface area contributed by atoms with Gasteiger partial charge in [-0.1, -0.05) is 41.9 Å². The summed E-state index contributed by atoms with van der Waals surface area (Å²) in [5.41, 5.74) is 1.27. The molecule has 0 fully saturated rings. The van der Waals surface area contributed by atoms with Crippen LogP contribution < -0.4 is 5.32 Å². The molecular formula is C23H25ClN2O3S. The Labute approximate surface area is 184 Å². The molecule has 0 saturated carbocycles. The predicted octanol–water partition coefficient (Wildman–Crippen LogP) is 4.49. The van der Waals surface area contributed by atoms with Crippen molar-refractivity contribution in [2.75, 3.05) is 20.1 Å². The number of hydrogen-bond acceptors (Lipinski definition) is 4. The summed E-state index contributed by atoms with van der Waals surface area (Å²) in [6.45, 7) is 2.31. The molecule has 0 saturated heterocycles. The van der Waals surface area contributed by atoms with Gasteiger partial charge >= 0.3 is 0 Å². The Morgan fingerprint density at radius 1 is 1.07 bits per heavy atom. The minimum absolute atomic E-state index is 0.208. The molecule has 0 aliphatic carbocycles. The first-order valence-corrected chi connectivity index (χ1v) is 11.4. The van der Waals surface area contributed by atoms with Crippen LogP contribution in [-0.4, -0.2) is 35.2 Å². The zero-order valence-corrected chi connectivity index (χ0v) is 18.4. The van der Waals surface area contributed by atoms with Crippen molar-refractivity contribution in [1.29, 1.82) is 0 Å². The highest BCUT2D eigenvalue weighted by Crippen LogP contribution is 2.17. The maximum atomic E-state index is 12.4. The monoisotopic (exact) mass is 444 g/mol. The van der Waals surface area contributed by atoms with Crippen LogP contribution in [0, 0.1) is 0 Å². The fraction of sp³-hybridized carbons (Fsp3) is 0.261. The average molecular weight is 445 g/mol. The third-order valence-corrected chi connectivity index (χ3v) is 6.13. The van der Waals surface area contributed by atoms with Gasteiger partial charge in [-0.15, -0.1) is 0 Å². The van der Waals surface area contributed by atoms with E-state index in [9.17, 15) is 9.00 Å². The predicted molar refractivity (Wildman–Crippen MR) is 120 cm³/mol. The van der Waals surface area contributed by atoms with Gasteiger partial charge in [-0.05, 0) is 62.0 Å². The molecule has 0 bridgehead atoms. The van der Waals surface area contributed by atoms with Gasteiger partial charge in [0.25, 0.3) is 5.91 Å². The number of benzene rings is 2. The van der Waals surface area contributed by atoms with Crippen LogP contribution in [0.3, 0.4) is 0 Å². The molecule has 7 heteroatoms. The first-order chi connectivity index (χ1) is 14.5. The molecule has 0 aliphatic rings. The number of carbonyl (C=O) groups is 1. The summed E-state index contributed by atoms with van der Waals surface area (Å²) in [6, 6.07) is 20.4. The number of carbonyl (C=O) groups excluding carboxylic acids is 1. The summed E-state index contributed by atoms with van der Waals surface area (Å²) < 4.78 is 18.0. The highest BCUT2D eigenvalue weighted by Gasteiger charge is 2.13. The quantitative estimate of drug-likeness (QED) is 0.468. The van der Waals surface area contributed by atoms with Crippen LogP contribution >= 0.6 is 11.6 Å². The number of furan rings is 1. The first kappa shape index (κ1) is 22.3. The summed E-state index contributed by atoms with van der Waals surface area (Å²) in [7, 11) is 0.803. The summed E-state index contributed by atoms with van der Waals surface area (Å²) in [5.74, 6) is 0.690. The van der Waals surface area contributed by atoms with Crippen molar-refractivity contribution in [2.45, 2.75) is 23.6 Å². The number of amides is 1. The zero-order valence-electron chi connectivity index (χ0n) is 16.8. The van der Waals surface area contributed by atoms with E-state index in [1.165, 1.54) is 5.56 Å². The topological polar surface area (TPSA) is 62.6 Å². The van der Waals surface area contributed by atoms with Gasteiger partial charge in [0.05, 0.1) is 16.6 Å². The number of nitrogens with one attached hydrogen (secondary N) is 1. The summed E-state index contributed by atoms with van der Waals surface area (Å²) >= 11 is 5.86. The summed E-state index contributed by atoms with van der Waals surface area (Å²) in [6.07, 6.45) is 0.837. The van der Waals surface area contributed by atoms with E-state index in [0.717, 1.165) is 19.5 Å². The molecule has 3 aromatic rings. The van der Waals surface area contributed by atoms with Crippen LogP contribution in [0.25, 0.3) is 0 Å². The standard InChI is InChI=1S/C23H25ClN2O3S/c1-26(16-18-6-3-2-4-7-18)15-5-14-25-23(27)22-13-10-20(29-22)17-30(28)21-11-8-19(24)9-12-21/h2-4,6-13H,5,14-17H2,1H3,(H,25,27)/t30-/m1/s1. The van der Waals surface area contributed by atoms with E-state index >= 15 is 0 Å². The highest BCUT2D eigenvalue weighted by molar-refractivity contribution is 7.84. The van der Waals surface area contributed by atoms with E-state index in [-0.39, 0.29) is 17.4 Å². The van der Waals surface area contributed by atoms with Crippen molar-refractivity contribution in [3.63, 3.8) is 0 Å². The number of hydrogen-bond donors (Lipinski definition) is 1. The van der Waals surface area contributed by atoms with Crippen LogP contribution in [0.1, 0.15) is 28.3 Å². The molecule has 5 nitrogen and oxygen atoms in total. The van der Waals surface area contributed by atoms with E-state index in [1.807, 2.05) is 18.2 Å². The van der Waals surface area contributed by atoms with Crippen LogP contribution in [0.4, 0.5) is 0 Å². The molecule has 158 valence electrons. The van der Waals surface area contributed by atoms with Crippen molar-refractivity contribution in [2.24, 2.45) is 0 Å². The second-order valence-electron chi connectivity index (χ2n) is 7.04. The molecule has 0 unspecified atom stereocenters. The Balaban J connectivity index is 1.40. The van der Waals surface area contributed by atoms with E-state index in [2.05, 4.69) is 29.4 Å². The van der Waals surface area contributed by atoms with E-state index in [0.29, 0.717) is 22.2 Å². The van der Waals surface area contributed by atoms with E-state index < -0.39 is 10.8 Å². The van der Waals surface area contributed by atoms with Gasteiger partial charge in [0.2, 0.25) is 0 Å². The fourth-order valence-corrected chi connectivity index (χ4v) is 4.13. The van der Waals surface area contributed by atoms with Gasteiger partial charge in [0.1, 0.15) is 5.76 Å². The van der Waals surface area contributed by atoms with Gasteiger partial charge in [-0.3, -0.25) is 9.00 Å².